The van der Waals surface area contributed by atoms with E-state index in [1.54, 1.807) is 30.1 Å². The third-order valence-electron chi connectivity index (χ3n) is 3.00. The lowest BCUT2D eigenvalue weighted by molar-refractivity contribution is 0.0527. The fourth-order valence-corrected chi connectivity index (χ4v) is 2.06. The zero-order valence-corrected chi connectivity index (χ0v) is 12.4. The molecule has 0 amide bonds. The van der Waals surface area contributed by atoms with Crippen LogP contribution in [0.4, 0.5) is 11.5 Å². The van der Waals surface area contributed by atoms with Crippen molar-refractivity contribution in [2.45, 2.75) is 13.5 Å². The van der Waals surface area contributed by atoms with Crippen LogP contribution in [0.1, 0.15) is 22.8 Å². The van der Waals surface area contributed by atoms with Crippen molar-refractivity contribution in [1.82, 2.24) is 14.8 Å². The summed E-state index contributed by atoms with van der Waals surface area (Å²) in [6.45, 7) is 2.66. The van der Waals surface area contributed by atoms with Gasteiger partial charge < -0.3 is 15.4 Å². The monoisotopic (exact) mass is 289 g/mol. The lowest BCUT2D eigenvalue weighted by Gasteiger charge is -2.20. The maximum Gasteiger partial charge on any atom is 0.340 e. The van der Waals surface area contributed by atoms with E-state index in [9.17, 15) is 4.79 Å². The average molecular weight is 289 g/mol. The molecule has 2 heterocycles. The summed E-state index contributed by atoms with van der Waals surface area (Å²) in [7, 11) is 3.72. The standard InChI is InChI=1S/C14H19N5O2/c1-4-21-14(20)11-5-6-16-13(12(11)15)18(2)8-10-7-17-19(3)9-10/h5-7,9H,4,8,15H2,1-3H3. The van der Waals surface area contributed by atoms with Crippen LogP contribution in [0.25, 0.3) is 0 Å². The molecule has 0 aliphatic carbocycles. The Balaban J connectivity index is 2.23. The number of pyridine rings is 1. The summed E-state index contributed by atoms with van der Waals surface area (Å²) in [6.07, 6.45) is 5.25. The number of carbonyl (C=O) groups is 1. The number of anilines is 2. The molecule has 0 spiro atoms. The van der Waals surface area contributed by atoms with Gasteiger partial charge >= 0.3 is 5.97 Å². The Bertz CT molecular complexity index is 638. The fourth-order valence-electron chi connectivity index (χ4n) is 2.06. The van der Waals surface area contributed by atoms with E-state index >= 15 is 0 Å². The lowest BCUT2D eigenvalue weighted by Crippen LogP contribution is -2.20. The fraction of sp³-hybridized carbons (Fsp3) is 0.357. The number of aromatic nitrogens is 3. The van der Waals surface area contributed by atoms with E-state index in [-0.39, 0.29) is 0 Å². The van der Waals surface area contributed by atoms with Crippen molar-refractivity contribution in [3.63, 3.8) is 0 Å². The van der Waals surface area contributed by atoms with Crippen LogP contribution in [0.15, 0.2) is 24.7 Å². The lowest BCUT2D eigenvalue weighted by atomic mass is 10.2. The second kappa shape index (κ2) is 6.25. The van der Waals surface area contributed by atoms with Gasteiger partial charge in [-0.1, -0.05) is 0 Å². The molecule has 21 heavy (non-hydrogen) atoms. The van der Waals surface area contributed by atoms with Gasteiger partial charge in [-0.05, 0) is 13.0 Å². The average Bonchev–Trinajstić information content (AvgIpc) is 2.84. The summed E-state index contributed by atoms with van der Waals surface area (Å²) < 4.78 is 6.72. The van der Waals surface area contributed by atoms with Crippen LogP contribution in [-0.4, -0.2) is 34.4 Å². The largest absolute Gasteiger partial charge is 0.462 e. The second-order valence-electron chi connectivity index (χ2n) is 4.69. The Kier molecular flexibility index (Phi) is 4.42. The Hall–Kier alpha value is -2.57. The number of nitrogens with zero attached hydrogens (tertiary/aromatic N) is 4. The van der Waals surface area contributed by atoms with Crippen LogP contribution < -0.4 is 10.6 Å². The molecular formula is C14H19N5O2. The van der Waals surface area contributed by atoms with E-state index in [4.69, 9.17) is 10.5 Å². The molecule has 0 aromatic carbocycles. The molecule has 0 saturated heterocycles. The molecule has 0 bridgehead atoms. The quantitative estimate of drug-likeness (QED) is 0.833. The molecule has 0 aliphatic heterocycles. The Labute approximate surface area is 123 Å². The van der Waals surface area contributed by atoms with E-state index in [1.807, 2.05) is 25.2 Å². The maximum atomic E-state index is 11.8. The van der Waals surface area contributed by atoms with Crippen molar-refractivity contribution in [2.75, 3.05) is 24.3 Å². The number of carbonyl (C=O) groups excluding carboxylic acids is 1. The summed E-state index contributed by atoms with van der Waals surface area (Å²) in [5.74, 6) is 0.109. The molecule has 2 aromatic heterocycles. The van der Waals surface area contributed by atoms with E-state index in [0.717, 1.165) is 5.56 Å². The molecule has 2 aromatic rings. The van der Waals surface area contributed by atoms with Gasteiger partial charge in [-0.2, -0.15) is 5.10 Å². The molecule has 2 rings (SSSR count). The summed E-state index contributed by atoms with van der Waals surface area (Å²) in [6, 6.07) is 1.56. The van der Waals surface area contributed by atoms with E-state index in [0.29, 0.717) is 30.2 Å². The second-order valence-corrected chi connectivity index (χ2v) is 4.69. The van der Waals surface area contributed by atoms with Crippen LogP contribution in [0, 0.1) is 0 Å². The molecule has 7 heteroatoms. The molecule has 2 N–H and O–H groups in total. The van der Waals surface area contributed by atoms with Crippen LogP contribution >= 0.6 is 0 Å². The van der Waals surface area contributed by atoms with Gasteiger partial charge in [0.05, 0.1) is 24.1 Å². The highest BCUT2D eigenvalue weighted by Crippen LogP contribution is 2.24. The highest BCUT2D eigenvalue weighted by Gasteiger charge is 2.17. The zero-order valence-electron chi connectivity index (χ0n) is 12.4. The highest BCUT2D eigenvalue weighted by atomic mass is 16.5. The normalized spacial score (nSPS) is 10.4. The van der Waals surface area contributed by atoms with Gasteiger partial charge in [0.2, 0.25) is 0 Å². The minimum atomic E-state index is -0.437. The first-order chi connectivity index (χ1) is 10.0. The summed E-state index contributed by atoms with van der Waals surface area (Å²) in [5, 5.41) is 4.12. The van der Waals surface area contributed by atoms with Gasteiger partial charge in [0.15, 0.2) is 5.82 Å². The Morgan fingerprint density at radius 3 is 2.90 bits per heavy atom. The van der Waals surface area contributed by atoms with Crippen molar-refractivity contribution in [3.05, 3.63) is 35.8 Å². The van der Waals surface area contributed by atoms with Gasteiger partial charge in [0, 0.05) is 38.6 Å². The Morgan fingerprint density at radius 2 is 2.29 bits per heavy atom. The van der Waals surface area contributed by atoms with E-state index in [2.05, 4.69) is 10.1 Å². The van der Waals surface area contributed by atoms with Gasteiger partial charge in [-0.3, -0.25) is 4.68 Å². The molecule has 0 unspecified atom stereocenters. The molecule has 0 saturated carbocycles. The number of hydrogen-bond donors (Lipinski definition) is 1. The van der Waals surface area contributed by atoms with Crippen LogP contribution in [0.2, 0.25) is 0 Å². The van der Waals surface area contributed by atoms with Gasteiger partial charge in [-0.25, -0.2) is 9.78 Å². The summed E-state index contributed by atoms with van der Waals surface area (Å²) in [5.41, 5.74) is 7.73. The minimum absolute atomic E-state index is 0.307. The van der Waals surface area contributed by atoms with Crippen molar-refractivity contribution in [1.29, 1.82) is 0 Å². The molecule has 112 valence electrons. The number of nitrogens with two attached hydrogens (primary N) is 1. The van der Waals surface area contributed by atoms with Crippen LogP contribution in [-0.2, 0) is 18.3 Å². The number of hydrogen-bond acceptors (Lipinski definition) is 6. The first kappa shape index (κ1) is 14.8. The third kappa shape index (κ3) is 3.31. The van der Waals surface area contributed by atoms with Crippen molar-refractivity contribution < 1.29 is 9.53 Å². The van der Waals surface area contributed by atoms with Gasteiger partial charge in [0.25, 0.3) is 0 Å². The van der Waals surface area contributed by atoms with E-state index < -0.39 is 5.97 Å². The SMILES string of the molecule is CCOC(=O)c1ccnc(N(C)Cc2cnn(C)c2)c1N. The smallest absolute Gasteiger partial charge is 0.340 e. The van der Waals surface area contributed by atoms with Crippen molar-refractivity contribution >= 4 is 17.5 Å². The van der Waals surface area contributed by atoms with Crippen LogP contribution in [0.5, 0.6) is 0 Å². The van der Waals surface area contributed by atoms with Gasteiger partial charge in [0.1, 0.15) is 0 Å². The Morgan fingerprint density at radius 1 is 1.52 bits per heavy atom. The maximum absolute atomic E-state index is 11.8. The molecule has 0 radical (unpaired) electrons. The van der Waals surface area contributed by atoms with Crippen molar-refractivity contribution in [3.8, 4) is 0 Å². The number of ether oxygens (including phenoxy) is 1. The highest BCUT2D eigenvalue weighted by molar-refractivity contribution is 5.97. The molecule has 0 aliphatic rings. The first-order valence-corrected chi connectivity index (χ1v) is 6.63. The predicted octanol–water partition coefficient (Wildman–Crippen LogP) is 1.21. The first-order valence-electron chi connectivity index (χ1n) is 6.63. The van der Waals surface area contributed by atoms with Gasteiger partial charge in [-0.15, -0.1) is 0 Å². The number of aryl methyl sites for hydroxylation is 1. The minimum Gasteiger partial charge on any atom is -0.462 e. The topological polar surface area (TPSA) is 86.3 Å². The van der Waals surface area contributed by atoms with E-state index in [1.165, 1.54) is 0 Å². The number of nitrogen functional groups attached to an aromatic ring is 1. The number of esters is 1. The molecule has 0 fully saturated rings. The van der Waals surface area contributed by atoms with Crippen LogP contribution in [0.3, 0.4) is 0 Å². The summed E-state index contributed by atoms with van der Waals surface area (Å²) in [4.78, 5) is 18.0. The molecule has 7 nitrogen and oxygen atoms in total. The predicted molar refractivity (Wildman–Crippen MR) is 79.9 cm³/mol. The third-order valence-corrected chi connectivity index (χ3v) is 3.00. The molecular weight excluding hydrogens is 270 g/mol. The molecule has 0 atom stereocenters. The summed E-state index contributed by atoms with van der Waals surface area (Å²) >= 11 is 0. The zero-order chi connectivity index (χ0) is 15.4. The number of rotatable bonds is 5. The van der Waals surface area contributed by atoms with Crippen molar-refractivity contribution in [2.24, 2.45) is 7.05 Å².